The molecule has 0 bridgehead atoms. The van der Waals surface area contributed by atoms with Gasteiger partial charge in [0.15, 0.2) is 0 Å². The molecule has 0 fully saturated rings. The summed E-state index contributed by atoms with van der Waals surface area (Å²) in [6, 6.07) is 15.6. The van der Waals surface area contributed by atoms with Crippen LogP contribution in [0.2, 0.25) is 0 Å². The zero-order valence-corrected chi connectivity index (χ0v) is 14.6. The molecule has 0 aliphatic carbocycles. The molecule has 1 heterocycles. The van der Waals surface area contributed by atoms with Gasteiger partial charge in [-0.25, -0.2) is 0 Å². The maximum atomic E-state index is 12.6. The van der Waals surface area contributed by atoms with E-state index in [2.05, 4.69) is 15.4 Å². The van der Waals surface area contributed by atoms with Gasteiger partial charge >= 0.3 is 6.61 Å². The lowest BCUT2D eigenvalue weighted by Gasteiger charge is -2.11. The topological polar surface area (TPSA) is 67.4 Å². The second-order valence-electron chi connectivity index (χ2n) is 5.33. The van der Waals surface area contributed by atoms with Crippen molar-refractivity contribution >= 4 is 34.5 Å². The number of amides is 2. The van der Waals surface area contributed by atoms with E-state index < -0.39 is 12.5 Å². The van der Waals surface area contributed by atoms with E-state index in [-0.39, 0.29) is 17.2 Å². The molecule has 27 heavy (non-hydrogen) atoms. The van der Waals surface area contributed by atoms with Crippen LogP contribution in [-0.4, -0.2) is 18.4 Å². The Bertz CT molecular complexity index is 928. The van der Waals surface area contributed by atoms with Gasteiger partial charge in [0.2, 0.25) is 0 Å². The Morgan fingerprint density at radius 1 is 0.889 bits per heavy atom. The minimum absolute atomic E-state index is 0.00777. The number of ether oxygens (including phenoxy) is 1. The summed E-state index contributed by atoms with van der Waals surface area (Å²) < 4.78 is 28.6. The number of para-hydroxylation sites is 1. The third-order valence-electron chi connectivity index (χ3n) is 3.50. The van der Waals surface area contributed by atoms with Crippen LogP contribution in [0, 0.1) is 0 Å². The van der Waals surface area contributed by atoms with Gasteiger partial charge in [0.1, 0.15) is 5.75 Å². The molecule has 138 valence electrons. The molecule has 5 nitrogen and oxygen atoms in total. The molecule has 0 saturated carbocycles. The van der Waals surface area contributed by atoms with Crippen LogP contribution >= 0.6 is 11.3 Å². The van der Waals surface area contributed by atoms with Gasteiger partial charge in [-0.05, 0) is 47.8 Å². The summed E-state index contributed by atoms with van der Waals surface area (Å²) >= 11 is 1.29. The lowest BCUT2D eigenvalue weighted by atomic mass is 10.1. The average Bonchev–Trinajstić information content (AvgIpc) is 3.18. The SMILES string of the molecule is O=C(Nc1ccccc1C(=O)Nc1ccc(OC(F)F)cc1)c1cccs1. The number of carbonyl (C=O) groups is 2. The van der Waals surface area contributed by atoms with Crippen LogP contribution in [0.4, 0.5) is 20.2 Å². The van der Waals surface area contributed by atoms with Gasteiger partial charge in [0, 0.05) is 5.69 Å². The first-order valence-corrected chi connectivity index (χ1v) is 8.71. The normalized spacial score (nSPS) is 10.5. The molecule has 0 saturated heterocycles. The standard InChI is InChI=1S/C19H14F2N2O3S/c20-19(21)26-13-9-7-12(8-10-13)22-17(24)14-4-1-2-5-15(14)23-18(25)16-6-3-11-27-16/h1-11,19H,(H,22,24)(H,23,25). The van der Waals surface area contributed by atoms with Crippen molar-refractivity contribution in [2.24, 2.45) is 0 Å². The predicted molar refractivity (Wildman–Crippen MR) is 99.7 cm³/mol. The van der Waals surface area contributed by atoms with Crippen molar-refractivity contribution in [3.8, 4) is 5.75 Å². The van der Waals surface area contributed by atoms with Gasteiger partial charge < -0.3 is 15.4 Å². The summed E-state index contributed by atoms with van der Waals surface area (Å²) in [6.45, 7) is -2.91. The molecule has 1 aromatic heterocycles. The molecule has 0 radical (unpaired) electrons. The predicted octanol–water partition coefficient (Wildman–Crippen LogP) is 4.85. The van der Waals surface area contributed by atoms with E-state index >= 15 is 0 Å². The maximum Gasteiger partial charge on any atom is 0.387 e. The number of hydrogen-bond donors (Lipinski definition) is 2. The summed E-state index contributed by atoms with van der Waals surface area (Å²) in [7, 11) is 0. The molecule has 0 atom stereocenters. The Balaban J connectivity index is 1.72. The Kier molecular flexibility index (Phi) is 5.77. The fourth-order valence-corrected chi connectivity index (χ4v) is 2.92. The molecule has 2 N–H and O–H groups in total. The highest BCUT2D eigenvalue weighted by molar-refractivity contribution is 7.12. The fraction of sp³-hybridized carbons (Fsp3) is 0.0526. The van der Waals surface area contributed by atoms with E-state index in [1.165, 1.54) is 35.6 Å². The van der Waals surface area contributed by atoms with Gasteiger partial charge in [-0.15, -0.1) is 11.3 Å². The molecule has 2 amide bonds. The number of carbonyl (C=O) groups excluding carboxylic acids is 2. The fourth-order valence-electron chi connectivity index (χ4n) is 2.30. The number of thiophene rings is 1. The molecule has 0 unspecified atom stereocenters. The van der Waals surface area contributed by atoms with Crippen molar-refractivity contribution in [2.75, 3.05) is 10.6 Å². The highest BCUT2D eigenvalue weighted by Gasteiger charge is 2.15. The number of anilines is 2. The number of hydrogen-bond acceptors (Lipinski definition) is 4. The van der Waals surface area contributed by atoms with E-state index in [1.807, 2.05) is 0 Å². The summed E-state index contributed by atoms with van der Waals surface area (Å²) in [4.78, 5) is 25.3. The summed E-state index contributed by atoms with van der Waals surface area (Å²) in [5.41, 5.74) is 1.04. The number of alkyl halides is 2. The van der Waals surface area contributed by atoms with E-state index in [9.17, 15) is 18.4 Å². The minimum atomic E-state index is -2.91. The highest BCUT2D eigenvalue weighted by Crippen LogP contribution is 2.21. The third-order valence-corrected chi connectivity index (χ3v) is 4.37. The van der Waals surface area contributed by atoms with E-state index in [4.69, 9.17) is 0 Å². The van der Waals surface area contributed by atoms with E-state index in [0.29, 0.717) is 16.3 Å². The van der Waals surface area contributed by atoms with Crippen LogP contribution in [0.15, 0.2) is 66.0 Å². The summed E-state index contributed by atoms with van der Waals surface area (Å²) in [6.07, 6.45) is 0. The minimum Gasteiger partial charge on any atom is -0.435 e. The summed E-state index contributed by atoms with van der Waals surface area (Å²) in [5.74, 6) is -0.759. The first-order chi connectivity index (χ1) is 13.0. The molecular weight excluding hydrogens is 374 g/mol. The zero-order chi connectivity index (χ0) is 19.2. The van der Waals surface area contributed by atoms with E-state index in [0.717, 1.165) is 0 Å². The van der Waals surface area contributed by atoms with E-state index in [1.54, 1.807) is 41.8 Å². The smallest absolute Gasteiger partial charge is 0.387 e. The van der Waals surface area contributed by atoms with Crippen molar-refractivity contribution in [3.63, 3.8) is 0 Å². The van der Waals surface area contributed by atoms with Gasteiger partial charge in [0.05, 0.1) is 16.1 Å². The molecule has 0 aliphatic rings. The molecule has 0 aliphatic heterocycles. The van der Waals surface area contributed by atoms with Crippen molar-refractivity contribution in [2.45, 2.75) is 6.61 Å². The quantitative estimate of drug-likeness (QED) is 0.634. The molecule has 8 heteroatoms. The van der Waals surface area contributed by atoms with Crippen LogP contribution in [0.5, 0.6) is 5.75 Å². The van der Waals surface area contributed by atoms with Crippen LogP contribution in [0.1, 0.15) is 20.0 Å². The van der Waals surface area contributed by atoms with Crippen molar-refractivity contribution in [1.82, 2.24) is 0 Å². The number of benzene rings is 2. The van der Waals surface area contributed by atoms with Crippen LogP contribution in [0.25, 0.3) is 0 Å². The van der Waals surface area contributed by atoms with Crippen molar-refractivity contribution in [3.05, 3.63) is 76.5 Å². The maximum absolute atomic E-state index is 12.6. The first-order valence-electron chi connectivity index (χ1n) is 7.83. The lowest BCUT2D eigenvalue weighted by molar-refractivity contribution is -0.0498. The van der Waals surface area contributed by atoms with Gasteiger partial charge in [-0.3, -0.25) is 9.59 Å². The third kappa shape index (κ3) is 4.89. The second-order valence-corrected chi connectivity index (χ2v) is 6.28. The van der Waals surface area contributed by atoms with Crippen molar-refractivity contribution in [1.29, 1.82) is 0 Å². The Morgan fingerprint density at radius 2 is 1.63 bits per heavy atom. The van der Waals surface area contributed by atoms with Crippen molar-refractivity contribution < 1.29 is 23.1 Å². The molecule has 3 rings (SSSR count). The first kappa shape index (κ1) is 18.5. The second kappa shape index (κ2) is 8.41. The van der Waals surface area contributed by atoms with Crippen LogP contribution in [-0.2, 0) is 0 Å². The Labute approximate surface area is 157 Å². The zero-order valence-electron chi connectivity index (χ0n) is 13.8. The lowest BCUT2D eigenvalue weighted by Crippen LogP contribution is -2.17. The largest absolute Gasteiger partial charge is 0.435 e. The van der Waals surface area contributed by atoms with Crippen LogP contribution in [0.3, 0.4) is 0 Å². The Hall–Kier alpha value is -3.26. The molecule has 2 aromatic carbocycles. The Morgan fingerprint density at radius 3 is 2.30 bits per heavy atom. The number of halogens is 2. The molecule has 3 aromatic rings. The average molecular weight is 388 g/mol. The number of nitrogens with one attached hydrogen (secondary N) is 2. The number of rotatable bonds is 6. The summed E-state index contributed by atoms with van der Waals surface area (Å²) in [5, 5.41) is 7.16. The monoisotopic (exact) mass is 388 g/mol. The van der Waals surface area contributed by atoms with Gasteiger partial charge in [0.25, 0.3) is 11.8 Å². The van der Waals surface area contributed by atoms with Gasteiger partial charge in [-0.1, -0.05) is 18.2 Å². The molecular formula is C19H14F2N2O3S. The van der Waals surface area contributed by atoms with Crippen LogP contribution < -0.4 is 15.4 Å². The highest BCUT2D eigenvalue weighted by atomic mass is 32.1. The van der Waals surface area contributed by atoms with Gasteiger partial charge in [-0.2, -0.15) is 8.78 Å². The molecule has 0 spiro atoms.